The molecule has 4 aromatic heterocycles. The molecule has 10 aromatic rings. The summed E-state index contributed by atoms with van der Waals surface area (Å²) in [5, 5.41) is 10.1. The van der Waals surface area contributed by atoms with Crippen LogP contribution >= 0.6 is 22.7 Å². The molecule has 6 aromatic carbocycles. The molecule has 10 rings (SSSR count). The van der Waals surface area contributed by atoms with Gasteiger partial charge >= 0.3 is 0 Å². The van der Waals surface area contributed by atoms with Gasteiger partial charge in [0.15, 0.2) is 5.58 Å². The van der Waals surface area contributed by atoms with E-state index in [-0.39, 0.29) is 0 Å². The summed E-state index contributed by atoms with van der Waals surface area (Å²) < 4.78 is 14.3. The van der Waals surface area contributed by atoms with Crippen molar-refractivity contribution in [3.63, 3.8) is 0 Å². The van der Waals surface area contributed by atoms with Gasteiger partial charge in [0, 0.05) is 57.5 Å². The van der Waals surface area contributed by atoms with Gasteiger partial charge in [-0.3, -0.25) is 0 Å². The molecule has 0 aliphatic rings. The van der Waals surface area contributed by atoms with Gasteiger partial charge in [0.1, 0.15) is 5.58 Å². The molecule has 186 valence electrons. The van der Waals surface area contributed by atoms with Crippen LogP contribution in [-0.4, -0.2) is 4.57 Å². The molecule has 0 aliphatic carbocycles. The summed E-state index contributed by atoms with van der Waals surface area (Å²) in [5.41, 5.74) is 5.52. The fraction of sp³-hybridized carbons (Fsp3) is 0. The van der Waals surface area contributed by atoms with Gasteiger partial charge in [0.05, 0.1) is 21.1 Å². The van der Waals surface area contributed by atoms with Crippen LogP contribution in [0.2, 0.25) is 0 Å². The fourth-order valence-electron chi connectivity index (χ4n) is 6.75. The summed E-state index contributed by atoms with van der Waals surface area (Å²) in [7, 11) is 0. The lowest BCUT2D eigenvalue weighted by Gasteiger charge is -2.10. The molecule has 0 N–H and O–H groups in total. The maximum Gasteiger partial charge on any atom is 0.155 e. The number of furan rings is 1. The molecule has 0 atom stereocenters. The average Bonchev–Trinajstić information content (AvgIpc) is 3.75. The average molecular weight is 546 g/mol. The minimum absolute atomic E-state index is 0.930. The molecular weight excluding hydrogens is 527 g/mol. The molecule has 0 saturated heterocycles. The first-order valence-corrected chi connectivity index (χ1v) is 15.1. The first-order valence-electron chi connectivity index (χ1n) is 13.4. The number of nitrogens with zero attached hydrogens (tertiary/aromatic N) is 1. The number of aromatic nitrogens is 1. The Morgan fingerprint density at radius 1 is 0.500 bits per heavy atom. The van der Waals surface area contributed by atoms with E-state index in [1.807, 2.05) is 22.7 Å². The van der Waals surface area contributed by atoms with Crippen LogP contribution < -0.4 is 0 Å². The van der Waals surface area contributed by atoms with Crippen LogP contribution in [0.25, 0.3) is 89.8 Å². The van der Waals surface area contributed by atoms with Gasteiger partial charge in [-0.05, 0) is 42.5 Å². The van der Waals surface area contributed by atoms with Crippen LogP contribution in [0.5, 0.6) is 0 Å². The van der Waals surface area contributed by atoms with Crippen molar-refractivity contribution in [2.24, 2.45) is 0 Å². The zero-order valence-corrected chi connectivity index (χ0v) is 22.8. The number of para-hydroxylation sites is 2. The lowest BCUT2D eigenvalue weighted by atomic mass is 10.0. The summed E-state index contributed by atoms with van der Waals surface area (Å²) in [6.45, 7) is 0. The van der Waals surface area contributed by atoms with E-state index in [4.69, 9.17) is 4.42 Å². The number of benzene rings is 6. The molecule has 0 aliphatic heterocycles. The third-order valence-corrected chi connectivity index (χ3v) is 10.7. The Hall–Kier alpha value is -4.64. The molecular formula is C36H19NOS2. The standard InChI is InChI=1S/C36H19NOS2/c1-5-13-26-22(10-1)31-32-24-12-4-8-16-29(24)40-36(32)35-33(23-11-2-6-14-27(23)38-35)34(31)37(26)20-17-18-30-25(19-20)21-9-3-7-15-28(21)39-30/h1-19H. The van der Waals surface area contributed by atoms with Crippen LogP contribution in [0, 0.1) is 0 Å². The van der Waals surface area contributed by atoms with Crippen LogP contribution in [0.1, 0.15) is 0 Å². The summed E-state index contributed by atoms with van der Waals surface area (Å²) in [6.07, 6.45) is 0. The van der Waals surface area contributed by atoms with Crippen LogP contribution in [-0.2, 0) is 0 Å². The highest BCUT2D eigenvalue weighted by Gasteiger charge is 2.25. The van der Waals surface area contributed by atoms with Crippen molar-refractivity contribution < 1.29 is 4.42 Å². The van der Waals surface area contributed by atoms with Gasteiger partial charge in [0.2, 0.25) is 0 Å². The van der Waals surface area contributed by atoms with Crippen molar-refractivity contribution in [2.75, 3.05) is 0 Å². The summed E-state index contributed by atoms with van der Waals surface area (Å²) >= 11 is 3.70. The van der Waals surface area contributed by atoms with Crippen LogP contribution in [0.15, 0.2) is 120 Å². The topological polar surface area (TPSA) is 18.1 Å². The second kappa shape index (κ2) is 7.51. The molecule has 0 bridgehead atoms. The molecule has 0 spiro atoms. The largest absolute Gasteiger partial charge is 0.454 e. The van der Waals surface area contributed by atoms with E-state index in [0.717, 1.165) is 16.6 Å². The Bertz CT molecular complexity index is 2660. The molecule has 0 saturated carbocycles. The smallest absolute Gasteiger partial charge is 0.155 e. The lowest BCUT2D eigenvalue weighted by Crippen LogP contribution is -1.94. The van der Waals surface area contributed by atoms with Crippen molar-refractivity contribution in [1.82, 2.24) is 4.57 Å². The maximum atomic E-state index is 6.70. The second-order valence-electron chi connectivity index (χ2n) is 10.5. The van der Waals surface area contributed by atoms with Crippen molar-refractivity contribution >= 4 is 107 Å². The summed E-state index contributed by atoms with van der Waals surface area (Å²) in [6, 6.07) is 41.8. The molecule has 4 heteroatoms. The number of rotatable bonds is 1. The van der Waals surface area contributed by atoms with Gasteiger partial charge < -0.3 is 8.98 Å². The van der Waals surface area contributed by atoms with Gasteiger partial charge in [-0.2, -0.15) is 0 Å². The fourth-order valence-corrected chi connectivity index (χ4v) is 9.03. The van der Waals surface area contributed by atoms with Gasteiger partial charge in [-0.25, -0.2) is 0 Å². The Morgan fingerprint density at radius 3 is 2.05 bits per heavy atom. The van der Waals surface area contributed by atoms with E-state index in [9.17, 15) is 0 Å². The van der Waals surface area contributed by atoms with Crippen LogP contribution in [0.3, 0.4) is 0 Å². The van der Waals surface area contributed by atoms with E-state index in [0.29, 0.717) is 0 Å². The SMILES string of the molecule is c1ccc2c(c1)oc1c3sc4ccccc4c3c3c4ccccc4n(-c4ccc5sc6ccccc6c5c4)c3c21. The predicted octanol–water partition coefficient (Wildman–Crippen LogP) is 11.4. The first kappa shape index (κ1) is 21.2. The monoisotopic (exact) mass is 545 g/mol. The maximum absolute atomic E-state index is 6.70. The van der Waals surface area contributed by atoms with Crippen molar-refractivity contribution in [1.29, 1.82) is 0 Å². The third-order valence-electron chi connectivity index (χ3n) is 8.38. The lowest BCUT2D eigenvalue weighted by molar-refractivity contribution is 0.673. The zero-order valence-electron chi connectivity index (χ0n) is 21.1. The highest BCUT2D eigenvalue weighted by atomic mass is 32.1. The van der Waals surface area contributed by atoms with Crippen molar-refractivity contribution in [3.8, 4) is 5.69 Å². The summed E-state index contributed by atoms with van der Waals surface area (Å²) in [5.74, 6) is 0. The quantitative estimate of drug-likeness (QED) is 0.201. The molecule has 0 radical (unpaired) electrons. The van der Waals surface area contributed by atoms with Gasteiger partial charge in [0.25, 0.3) is 0 Å². The Morgan fingerprint density at radius 2 is 1.18 bits per heavy atom. The minimum atomic E-state index is 0.930. The number of hydrogen-bond donors (Lipinski definition) is 0. The molecule has 0 amide bonds. The Labute approximate surface area is 235 Å². The van der Waals surface area contributed by atoms with Gasteiger partial charge in [-0.15, -0.1) is 22.7 Å². The molecule has 2 nitrogen and oxygen atoms in total. The van der Waals surface area contributed by atoms with E-state index < -0.39 is 0 Å². The van der Waals surface area contributed by atoms with Crippen LogP contribution in [0.4, 0.5) is 0 Å². The molecule has 40 heavy (non-hydrogen) atoms. The number of hydrogen-bond acceptors (Lipinski definition) is 3. The Kier molecular flexibility index (Phi) is 3.98. The van der Waals surface area contributed by atoms with E-state index in [1.54, 1.807) is 0 Å². The van der Waals surface area contributed by atoms with Gasteiger partial charge in [-0.1, -0.05) is 72.8 Å². The van der Waals surface area contributed by atoms with E-state index >= 15 is 0 Å². The third kappa shape index (κ3) is 2.58. The number of fused-ring (bicyclic) bond motifs is 15. The van der Waals surface area contributed by atoms with E-state index in [2.05, 4.69) is 120 Å². The predicted molar refractivity (Wildman–Crippen MR) is 174 cm³/mol. The summed E-state index contributed by atoms with van der Waals surface area (Å²) in [4.78, 5) is 0. The minimum Gasteiger partial charge on any atom is -0.454 e. The molecule has 0 fully saturated rings. The highest BCUT2D eigenvalue weighted by molar-refractivity contribution is 7.27. The molecule has 0 unspecified atom stereocenters. The zero-order chi connectivity index (χ0) is 25.9. The molecule has 4 heterocycles. The van der Waals surface area contributed by atoms with Crippen molar-refractivity contribution in [3.05, 3.63) is 115 Å². The van der Waals surface area contributed by atoms with E-state index in [1.165, 1.54) is 73.2 Å². The normalized spacial score (nSPS) is 12.5. The highest BCUT2D eigenvalue weighted by Crippen LogP contribution is 2.50. The Balaban J connectivity index is 1.51. The second-order valence-corrected chi connectivity index (χ2v) is 12.6. The first-order chi connectivity index (χ1) is 19.8. The van der Waals surface area contributed by atoms with Crippen molar-refractivity contribution in [2.45, 2.75) is 0 Å². The number of thiophene rings is 2.